The molecule has 0 aliphatic carbocycles. The first-order valence-corrected chi connectivity index (χ1v) is 8.29. The van der Waals surface area contributed by atoms with Crippen LogP contribution in [0.2, 0.25) is 0 Å². The number of aliphatic hydroxyl groups excluding tert-OH is 2. The van der Waals surface area contributed by atoms with Crippen LogP contribution in [-0.2, 0) is 9.13 Å². The Kier molecular flexibility index (Phi) is 22.0. The molecular weight excluding hydrogens is 406 g/mol. The van der Waals surface area contributed by atoms with E-state index in [1.54, 1.807) is 0 Å². The molecule has 0 radical (unpaired) electrons. The number of hydrogen-bond acceptors (Lipinski definition) is 6. The topological polar surface area (TPSA) is 121 Å². The van der Waals surface area contributed by atoms with Gasteiger partial charge in [0, 0.05) is 26.7 Å². The summed E-state index contributed by atoms with van der Waals surface area (Å²) in [5, 5.41) is 16.8. The number of halogens is 2. The van der Waals surface area contributed by atoms with E-state index in [1.807, 2.05) is 0 Å². The summed E-state index contributed by atoms with van der Waals surface area (Å²) in [7, 11) is -5.91. The largest absolute Gasteiger partial charge is 2.00 e. The third-order valence-electron chi connectivity index (χ3n) is 0.836. The third kappa shape index (κ3) is 16.5. The van der Waals surface area contributed by atoms with Gasteiger partial charge in [0.15, 0.2) is 0 Å². The van der Waals surface area contributed by atoms with Crippen molar-refractivity contribution in [2.45, 2.75) is 11.7 Å². The molecule has 0 aromatic heterocycles. The van der Waals surface area contributed by atoms with Gasteiger partial charge in [-0.1, -0.05) is 31.9 Å². The van der Waals surface area contributed by atoms with E-state index in [4.69, 9.17) is 10.2 Å². The van der Waals surface area contributed by atoms with Crippen LogP contribution < -0.4 is 9.79 Å². The maximum atomic E-state index is 9.72. The minimum Gasteiger partial charge on any atom is -0.800 e. The van der Waals surface area contributed by atoms with Gasteiger partial charge < -0.3 is 29.1 Å². The Morgan fingerprint density at radius 2 is 1.20 bits per heavy atom. The van der Waals surface area contributed by atoms with Crippen LogP contribution in [0.5, 0.6) is 0 Å². The monoisotopic (exact) mass is 414 g/mol. The zero-order valence-corrected chi connectivity index (χ0v) is 14.9. The third-order valence-corrected chi connectivity index (χ3v) is 4.75. The normalized spacial score (nSPS) is 17.5. The molecule has 0 amide bonds. The summed E-state index contributed by atoms with van der Waals surface area (Å²) >= 11 is 5.58. The first kappa shape index (κ1) is 22.7. The minimum atomic E-state index is -2.95. The Hall–Kier alpha value is 2.52. The van der Waals surface area contributed by atoms with E-state index in [0.717, 1.165) is 0 Å². The summed E-state index contributed by atoms with van der Waals surface area (Å²) in [6.45, 7) is 0. The second-order valence-electron chi connectivity index (χ2n) is 1.98. The molecule has 4 atom stereocenters. The first-order chi connectivity index (χ1) is 6.36. The second-order valence-corrected chi connectivity index (χ2v) is 5.88. The number of rotatable bonds is 4. The van der Waals surface area contributed by atoms with E-state index in [1.165, 1.54) is 0 Å². The van der Waals surface area contributed by atoms with Crippen molar-refractivity contribution in [3.05, 3.63) is 0 Å². The van der Waals surface area contributed by atoms with Gasteiger partial charge in [0.25, 0.3) is 0 Å². The van der Waals surface area contributed by atoms with Crippen LogP contribution in [0.1, 0.15) is 0 Å². The molecule has 0 saturated carbocycles. The van der Waals surface area contributed by atoms with E-state index in [9.17, 15) is 18.9 Å². The van der Waals surface area contributed by atoms with Crippen LogP contribution >= 0.6 is 47.9 Å². The number of aliphatic hydroxyl groups is 2. The molecule has 0 saturated heterocycles. The number of hydrogen-bond donors (Lipinski definition) is 2. The smallest absolute Gasteiger partial charge is 0.800 e. The van der Waals surface area contributed by atoms with Crippen LogP contribution in [-0.4, -0.2) is 70.3 Å². The van der Waals surface area contributed by atoms with E-state index in [0.29, 0.717) is 0 Å². The molecule has 0 aromatic rings. The second kappa shape index (κ2) is 14.6. The zero-order valence-electron chi connectivity index (χ0n) is 7.56. The predicted molar refractivity (Wildman–Crippen MR) is 63.4 cm³/mol. The molecule has 11 heteroatoms. The van der Waals surface area contributed by atoms with Gasteiger partial charge in [-0.15, -0.1) is 0 Å². The minimum absolute atomic E-state index is 0. The Bertz CT molecular complexity index is 176. The van der Waals surface area contributed by atoms with Crippen molar-refractivity contribution in [1.29, 1.82) is 0 Å². The van der Waals surface area contributed by atoms with Gasteiger partial charge in [-0.25, -0.2) is 0 Å². The Balaban J connectivity index is -0.000000180. The van der Waals surface area contributed by atoms with Crippen molar-refractivity contribution in [3.63, 3.8) is 0 Å². The van der Waals surface area contributed by atoms with Gasteiger partial charge in [0.2, 0.25) is 0 Å². The average molecular weight is 416 g/mol. The summed E-state index contributed by atoms with van der Waals surface area (Å²) in [4.78, 5) is 19.4. The van der Waals surface area contributed by atoms with Crippen molar-refractivity contribution >= 4 is 85.7 Å². The summed E-state index contributed by atoms with van der Waals surface area (Å²) in [5.74, 6) is -2.38. The Morgan fingerprint density at radius 3 is 1.20 bits per heavy atom. The maximum Gasteiger partial charge on any atom is 2.00 e. The van der Waals surface area contributed by atoms with Gasteiger partial charge in [-0.05, 0) is 0 Å². The molecule has 4 unspecified atom stereocenters. The van der Waals surface area contributed by atoms with Crippen LogP contribution in [0.15, 0.2) is 0 Å². The summed E-state index contributed by atoms with van der Waals surface area (Å²) in [6.07, 6.45) is 0. The van der Waals surface area contributed by atoms with Gasteiger partial charge in [0.05, 0.1) is 0 Å². The fraction of sp³-hybridized carbons (Fsp3) is 1.00. The number of alkyl halides is 2. The molecule has 2 N–H and O–H groups in total. The predicted octanol–water partition coefficient (Wildman–Crippen LogP) is -1.31. The molecule has 6 nitrogen and oxygen atoms in total. The van der Waals surface area contributed by atoms with Crippen molar-refractivity contribution in [3.8, 4) is 0 Å². The summed E-state index contributed by atoms with van der Waals surface area (Å²) < 4.78 is 19.4. The molecule has 0 aliphatic heterocycles. The van der Waals surface area contributed by atoms with Gasteiger partial charge in [-0.3, -0.25) is 0 Å². The summed E-state index contributed by atoms with van der Waals surface area (Å²) in [6, 6.07) is 0. The Labute approximate surface area is 135 Å². The van der Waals surface area contributed by atoms with E-state index in [2.05, 4.69) is 31.9 Å². The molecule has 0 heterocycles. The molecule has 0 aromatic carbocycles. The molecule has 0 rings (SSSR count). The van der Waals surface area contributed by atoms with Gasteiger partial charge in [0.1, 0.15) is 11.7 Å². The molecule has 0 fully saturated rings. The molecular formula is C4H10Br2CaO6P2. The Morgan fingerprint density at radius 1 is 1.00 bits per heavy atom. The van der Waals surface area contributed by atoms with Crippen LogP contribution in [0, 0.1) is 0 Å². The fourth-order valence-electron chi connectivity index (χ4n) is 0.126. The molecule has 0 bridgehead atoms. The first-order valence-electron chi connectivity index (χ1n) is 3.26. The van der Waals surface area contributed by atoms with Crippen molar-refractivity contribution in [2.75, 3.05) is 10.7 Å². The standard InChI is InChI=1S/2C2H6BrO3P.Ca/c2*3-1-2(4)7(5)6;/h2*2,4,7H,1H2,(H,5,6);/q;;+2/p-2. The molecule has 0 spiro atoms. The van der Waals surface area contributed by atoms with Crippen molar-refractivity contribution in [1.82, 2.24) is 0 Å². The van der Waals surface area contributed by atoms with E-state index in [-0.39, 0.29) is 48.4 Å². The quantitative estimate of drug-likeness (QED) is 0.334. The molecule has 88 valence electrons. The van der Waals surface area contributed by atoms with Crippen molar-refractivity contribution in [2.24, 2.45) is 0 Å². The van der Waals surface area contributed by atoms with Crippen molar-refractivity contribution < 1.29 is 29.1 Å². The van der Waals surface area contributed by atoms with Gasteiger partial charge >= 0.3 is 37.7 Å². The van der Waals surface area contributed by atoms with E-state index < -0.39 is 27.7 Å². The van der Waals surface area contributed by atoms with E-state index >= 15 is 0 Å². The molecule has 15 heavy (non-hydrogen) atoms. The SMILES string of the molecule is O=[PH]([O-])C(O)CBr.O=[PH]([O-])C(O)CBr.[Ca+2]. The molecule has 0 aliphatic rings. The van der Waals surface area contributed by atoms with Gasteiger partial charge in [-0.2, -0.15) is 0 Å². The fourth-order valence-corrected chi connectivity index (χ4v) is 1.96. The van der Waals surface area contributed by atoms with Crippen LogP contribution in [0.25, 0.3) is 0 Å². The average Bonchev–Trinajstić information content (AvgIpc) is 2.15. The van der Waals surface area contributed by atoms with Crippen LogP contribution in [0.3, 0.4) is 0 Å². The zero-order chi connectivity index (χ0) is 11.7. The maximum absolute atomic E-state index is 9.72. The summed E-state index contributed by atoms with van der Waals surface area (Å²) in [5.41, 5.74) is 0. The van der Waals surface area contributed by atoms with Crippen LogP contribution in [0.4, 0.5) is 0 Å².